The van der Waals surface area contributed by atoms with Crippen molar-refractivity contribution in [3.8, 4) is 17.1 Å². The molecule has 1 heterocycles. The van der Waals surface area contributed by atoms with E-state index < -0.39 is 0 Å². The lowest BCUT2D eigenvalue weighted by atomic mass is 9.94. The van der Waals surface area contributed by atoms with Crippen LogP contribution >= 0.6 is 0 Å². The molecule has 0 bridgehead atoms. The molecule has 0 atom stereocenters. The first-order chi connectivity index (χ1) is 8.56. The van der Waals surface area contributed by atoms with Gasteiger partial charge in [0.05, 0.1) is 12.5 Å². The Kier molecular flexibility index (Phi) is 3.34. The number of hydrogen-bond acceptors (Lipinski definition) is 5. The molecule has 2 aromatic rings. The van der Waals surface area contributed by atoms with Gasteiger partial charge in [0.2, 0.25) is 11.7 Å². The van der Waals surface area contributed by atoms with Gasteiger partial charge in [0.25, 0.3) is 0 Å². The normalized spacial score (nSPS) is 11.6. The predicted molar refractivity (Wildman–Crippen MR) is 68.4 cm³/mol. The number of hydrogen-bond donors (Lipinski definition) is 1. The highest BCUT2D eigenvalue weighted by Gasteiger charge is 2.26. The average molecular weight is 247 g/mol. The van der Waals surface area contributed by atoms with Crippen molar-refractivity contribution in [1.82, 2.24) is 10.1 Å². The lowest BCUT2D eigenvalue weighted by Gasteiger charge is -2.15. The zero-order chi connectivity index (χ0) is 13.2. The maximum atomic E-state index is 5.68. The summed E-state index contributed by atoms with van der Waals surface area (Å²) in [5, 5.41) is 3.98. The summed E-state index contributed by atoms with van der Waals surface area (Å²) in [6, 6.07) is 7.53. The molecule has 5 heteroatoms. The molecule has 96 valence electrons. The molecule has 1 aromatic carbocycles. The highest BCUT2D eigenvalue weighted by atomic mass is 16.5. The average Bonchev–Trinajstić information content (AvgIpc) is 2.89. The van der Waals surface area contributed by atoms with Crippen LogP contribution < -0.4 is 10.5 Å². The van der Waals surface area contributed by atoms with Crippen molar-refractivity contribution in [2.24, 2.45) is 5.73 Å². The van der Waals surface area contributed by atoms with E-state index in [0.717, 1.165) is 11.3 Å². The number of benzene rings is 1. The summed E-state index contributed by atoms with van der Waals surface area (Å²) >= 11 is 0. The third kappa shape index (κ3) is 2.36. The first kappa shape index (κ1) is 12.6. The maximum Gasteiger partial charge on any atom is 0.233 e. The van der Waals surface area contributed by atoms with Crippen LogP contribution in [0.2, 0.25) is 0 Å². The first-order valence-corrected chi connectivity index (χ1v) is 5.75. The Morgan fingerprint density at radius 2 is 2.17 bits per heavy atom. The van der Waals surface area contributed by atoms with Crippen LogP contribution in [0.4, 0.5) is 0 Å². The largest absolute Gasteiger partial charge is 0.497 e. The number of nitrogens with two attached hydrogens (primary N) is 1. The van der Waals surface area contributed by atoms with Crippen LogP contribution in [0.3, 0.4) is 0 Å². The summed E-state index contributed by atoms with van der Waals surface area (Å²) in [4.78, 5) is 4.39. The quantitative estimate of drug-likeness (QED) is 0.894. The van der Waals surface area contributed by atoms with Gasteiger partial charge in [-0.3, -0.25) is 0 Å². The monoisotopic (exact) mass is 247 g/mol. The molecule has 0 amide bonds. The van der Waals surface area contributed by atoms with Crippen molar-refractivity contribution in [3.63, 3.8) is 0 Å². The van der Waals surface area contributed by atoms with Crippen molar-refractivity contribution < 1.29 is 9.26 Å². The van der Waals surface area contributed by atoms with Crippen molar-refractivity contribution >= 4 is 0 Å². The Hall–Kier alpha value is -1.88. The van der Waals surface area contributed by atoms with Crippen LogP contribution in [0.25, 0.3) is 11.4 Å². The van der Waals surface area contributed by atoms with E-state index in [0.29, 0.717) is 18.3 Å². The van der Waals surface area contributed by atoms with Crippen LogP contribution in [-0.4, -0.2) is 23.8 Å². The smallest absolute Gasteiger partial charge is 0.233 e. The highest BCUT2D eigenvalue weighted by molar-refractivity contribution is 5.56. The Labute approximate surface area is 106 Å². The van der Waals surface area contributed by atoms with E-state index in [2.05, 4.69) is 10.1 Å². The van der Waals surface area contributed by atoms with Gasteiger partial charge in [-0.1, -0.05) is 17.3 Å². The van der Waals surface area contributed by atoms with Crippen LogP contribution in [0, 0.1) is 0 Å². The summed E-state index contributed by atoms with van der Waals surface area (Å²) in [5.41, 5.74) is 6.23. The molecule has 0 saturated heterocycles. The third-order valence-corrected chi connectivity index (χ3v) is 2.84. The molecule has 18 heavy (non-hydrogen) atoms. The molecular weight excluding hydrogens is 230 g/mol. The fourth-order valence-electron chi connectivity index (χ4n) is 1.47. The van der Waals surface area contributed by atoms with Crippen LogP contribution in [0.5, 0.6) is 5.75 Å². The molecule has 0 saturated carbocycles. The fourth-order valence-corrected chi connectivity index (χ4v) is 1.47. The topological polar surface area (TPSA) is 74.2 Å². The molecule has 5 nitrogen and oxygen atoms in total. The van der Waals surface area contributed by atoms with Gasteiger partial charge in [-0.15, -0.1) is 0 Å². The number of aromatic nitrogens is 2. The number of nitrogens with zero attached hydrogens (tertiary/aromatic N) is 2. The van der Waals surface area contributed by atoms with Crippen molar-refractivity contribution in [1.29, 1.82) is 0 Å². The number of rotatable bonds is 4. The minimum atomic E-state index is -0.315. The van der Waals surface area contributed by atoms with E-state index in [1.807, 2.05) is 38.1 Å². The van der Waals surface area contributed by atoms with Gasteiger partial charge in [0.15, 0.2) is 0 Å². The standard InChI is InChI=1S/C13H17N3O2/c1-13(2,8-14)12-15-11(16-18-12)9-5-4-6-10(7-9)17-3/h4-7H,8,14H2,1-3H3. The van der Waals surface area contributed by atoms with Crippen LogP contribution in [0.15, 0.2) is 28.8 Å². The van der Waals surface area contributed by atoms with Crippen molar-refractivity contribution in [2.45, 2.75) is 19.3 Å². The van der Waals surface area contributed by atoms with E-state index in [1.54, 1.807) is 7.11 Å². The SMILES string of the molecule is COc1cccc(-c2noc(C(C)(C)CN)n2)c1. The summed E-state index contributed by atoms with van der Waals surface area (Å²) in [7, 11) is 1.62. The van der Waals surface area contributed by atoms with Crippen molar-refractivity contribution in [3.05, 3.63) is 30.2 Å². The molecule has 1 aromatic heterocycles. The van der Waals surface area contributed by atoms with Gasteiger partial charge < -0.3 is 15.0 Å². The molecule has 0 aliphatic rings. The Balaban J connectivity index is 2.35. The minimum Gasteiger partial charge on any atom is -0.497 e. The second kappa shape index (κ2) is 4.78. The summed E-state index contributed by atoms with van der Waals surface area (Å²) in [6.45, 7) is 4.39. The van der Waals surface area contributed by atoms with Gasteiger partial charge >= 0.3 is 0 Å². The second-order valence-corrected chi connectivity index (χ2v) is 4.74. The first-order valence-electron chi connectivity index (χ1n) is 5.75. The van der Waals surface area contributed by atoms with E-state index in [1.165, 1.54) is 0 Å². The van der Waals surface area contributed by atoms with Gasteiger partial charge in [-0.25, -0.2) is 0 Å². The van der Waals surface area contributed by atoms with Gasteiger partial charge in [0.1, 0.15) is 5.75 Å². The lowest BCUT2D eigenvalue weighted by Crippen LogP contribution is -2.28. The van der Waals surface area contributed by atoms with E-state index in [9.17, 15) is 0 Å². The molecular formula is C13H17N3O2. The van der Waals surface area contributed by atoms with Crippen LogP contribution in [-0.2, 0) is 5.41 Å². The summed E-state index contributed by atoms with van der Waals surface area (Å²) in [6.07, 6.45) is 0. The highest BCUT2D eigenvalue weighted by Crippen LogP contribution is 2.25. The van der Waals surface area contributed by atoms with Gasteiger partial charge in [0, 0.05) is 12.1 Å². The van der Waals surface area contributed by atoms with Gasteiger partial charge in [-0.2, -0.15) is 4.98 Å². The maximum absolute atomic E-state index is 5.68. The van der Waals surface area contributed by atoms with Crippen LogP contribution in [0.1, 0.15) is 19.7 Å². The minimum absolute atomic E-state index is 0.315. The zero-order valence-corrected chi connectivity index (χ0v) is 10.8. The van der Waals surface area contributed by atoms with E-state index in [-0.39, 0.29) is 5.41 Å². The lowest BCUT2D eigenvalue weighted by molar-refractivity contribution is 0.311. The Bertz CT molecular complexity index is 535. The molecule has 0 spiro atoms. The molecule has 0 radical (unpaired) electrons. The molecule has 2 N–H and O–H groups in total. The summed E-state index contributed by atoms with van der Waals surface area (Å²) in [5.74, 6) is 1.85. The Morgan fingerprint density at radius 3 is 2.83 bits per heavy atom. The molecule has 0 fully saturated rings. The molecule has 0 unspecified atom stereocenters. The van der Waals surface area contributed by atoms with E-state index >= 15 is 0 Å². The molecule has 0 aliphatic heterocycles. The summed E-state index contributed by atoms with van der Waals surface area (Å²) < 4.78 is 10.4. The predicted octanol–water partition coefficient (Wildman–Crippen LogP) is 1.98. The third-order valence-electron chi connectivity index (χ3n) is 2.84. The Morgan fingerprint density at radius 1 is 1.39 bits per heavy atom. The molecule has 2 rings (SSSR count). The number of methoxy groups -OCH3 is 1. The fraction of sp³-hybridized carbons (Fsp3) is 0.385. The van der Waals surface area contributed by atoms with Gasteiger partial charge in [-0.05, 0) is 26.0 Å². The zero-order valence-electron chi connectivity index (χ0n) is 10.8. The van der Waals surface area contributed by atoms with Crippen molar-refractivity contribution in [2.75, 3.05) is 13.7 Å². The second-order valence-electron chi connectivity index (χ2n) is 4.74. The van der Waals surface area contributed by atoms with E-state index in [4.69, 9.17) is 15.0 Å². The molecule has 0 aliphatic carbocycles. The number of ether oxygens (including phenoxy) is 1.